The predicted octanol–water partition coefficient (Wildman–Crippen LogP) is 4.74. The number of rotatable bonds is 3. The lowest BCUT2D eigenvalue weighted by Crippen LogP contribution is -1.99. The number of halogens is 1. The number of anilines is 1. The number of thiophene rings is 1. The summed E-state index contributed by atoms with van der Waals surface area (Å²) < 4.78 is 1.11. The van der Waals surface area contributed by atoms with Crippen molar-refractivity contribution >= 4 is 33.0 Å². The van der Waals surface area contributed by atoms with Crippen LogP contribution in [-0.4, -0.2) is 0 Å². The molecule has 2 aromatic rings. The highest BCUT2D eigenvalue weighted by Gasteiger charge is 2.03. The van der Waals surface area contributed by atoms with Crippen LogP contribution < -0.4 is 5.32 Å². The Hall–Kier alpha value is -0.800. The number of aryl methyl sites for hydroxylation is 2. The Labute approximate surface area is 109 Å². The number of hydrogen-bond acceptors (Lipinski definition) is 2. The molecule has 0 radical (unpaired) electrons. The molecule has 0 unspecified atom stereocenters. The molecule has 0 saturated heterocycles. The van der Waals surface area contributed by atoms with Gasteiger partial charge in [0, 0.05) is 26.5 Å². The number of benzene rings is 1. The topological polar surface area (TPSA) is 12.0 Å². The third kappa shape index (κ3) is 2.66. The van der Waals surface area contributed by atoms with E-state index < -0.39 is 0 Å². The minimum Gasteiger partial charge on any atom is -0.380 e. The smallest absolute Gasteiger partial charge is 0.0487 e. The highest BCUT2D eigenvalue weighted by molar-refractivity contribution is 9.10. The summed E-state index contributed by atoms with van der Waals surface area (Å²) in [7, 11) is 0. The number of para-hydroxylation sites is 1. The molecule has 0 bridgehead atoms. The maximum Gasteiger partial charge on any atom is 0.0487 e. The van der Waals surface area contributed by atoms with Crippen molar-refractivity contribution in [2.75, 3.05) is 5.32 Å². The van der Waals surface area contributed by atoms with E-state index in [1.807, 2.05) is 29.5 Å². The van der Waals surface area contributed by atoms with Crippen LogP contribution in [0.4, 0.5) is 5.69 Å². The van der Waals surface area contributed by atoms with E-state index in [0.717, 1.165) is 16.7 Å². The quantitative estimate of drug-likeness (QED) is 0.862. The van der Waals surface area contributed by atoms with E-state index in [0.29, 0.717) is 0 Å². The Morgan fingerprint density at radius 2 is 2.00 bits per heavy atom. The molecule has 1 aromatic carbocycles. The normalized spacial score (nSPS) is 10.4. The molecule has 0 aliphatic heterocycles. The molecule has 16 heavy (non-hydrogen) atoms. The molecular formula is C13H14BrNS. The highest BCUT2D eigenvalue weighted by Crippen LogP contribution is 2.24. The van der Waals surface area contributed by atoms with Gasteiger partial charge in [0.1, 0.15) is 0 Å². The Morgan fingerprint density at radius 1 is 1.25 bits per heavy atom. The first-order valence-electron chi connectivity index (χ1n) is 5.21. The van der Waals surface area contributed by atoms with Crippen molar-refractivity contribution < 1.29 is 0 Å². The minimum absolute atomic E-state index is 0.888. The zero-order valence-electron chi connectivity index (χ0n) is 9.38. The molecule has 1 aromatic heterocycles. The van der Waals surface area contributed by atoms with E-state index in [-0.39, 0.29) is 0 Å². The second kappa shape index (κ2) is 5.02. The second-order valence-corrected chi connectivity index (χ2v) is 6.09. The number of hydrogen-bond donors (Lipinski definition) is 1. The van der Waals surface area contributed by atoms with Gasteiger partial charge in [0.25, 0.3) is 0 Å². The predicted molar refractivity (Wildman–Crippen MR) is 75.3 cm³/mol. The fourth-order valence-electron chi connectivity index (χ4n) is 1.65. The summed E-state index contributed by atoms with van der Waals surface area (Å²) in [6.07, 6.45) is 0. The highest BCUT2D eigenvalue weighted by atomic mass is 79.9. The van der Waals surface area contributed by atoms with Crippen molar-refractivity contribution in [3.05, 3.63) is 50.1 Å². The van der Waals surface area contributed by atoms with Crippen LogP contribution in [0.1, 0.15) is 15.3 Å². The Morgan fingerprint density at radius 3 is 2.62 bits per heavy atom. The lowest BCUT2D eigenvalue weighted by atomic mass is 10.2. The van der Waals surface area contributed by atoms with Crippen LogP contribution in [0.2, 0.25) is 0 Å². The van der Waals surface area contributed by atoms with Crippen molar-refractivity contribution in [3.63, 3.8) is 0 Å². The molecule has 0 amide bonds. The molecule has 0 aliphatic rings. The van der Waals surface area contributed by atoms with Crippen molar-refractivity contribution in [1.29, 1.82) is 0 Å². The van der Waals surface area contributed by atoms with Gasteiger partial charge in [0.05, 0.1) is 0 Å². The first-order chi connectivity index (χ1) is 7.66. The van der Waals surface area contributed by atoms with Crippen LogP contribution >= 0.6 is 27.3 Å². The third-order valence-electron chi connectivity index (χ3n) is 2.49. The van der Waals surface area contributed by atoms with Gasteiger partial charge in [-0.25, -0.2) is 0 Å². The maximum atomic E-state index is 3.53. The second-order valence-electron chi connectivity index (χ2n) is 3.77. The van der Waals surface area contributed by atoms with Gasteiger partial charge in [-0.05, 0) is 53.5 Å². The first-order valence-corrected chi connectivity index (χ1v) is 6.82. The van der Waals surface area contributed by atoms with Crippen molar-refractivity contribution in [1.82, 2.24) is 0 Å². The molecule has 1 nitrogen and oxygen atoms in total. The molecule has 0 spiro atoms. The Balaban J connectivity index is 2.08. The first kappa shape index (κ1) is 11.7. The molecule has 0 atom stereocenters. The summed E-state index contributed by atoms with van der Waals surface area (Å²) in [4.78, 5) is 2.78. The minimum atomic E-state index is 0.888. The van der Waals surface area contributed by atoms with E-state index in [1.165, 1.54) is 15.3 Å². The standard InChI is InChI=1S/C13H14BrNS/c1-9-7-11(10(2)16-9)8-15-13-6-4-3-5-12(13)14/h3-7,15H,8H2,1-2H3. The molecular weight excluding hydrogens is 282 g/mol. The van der Waals surface area contributed by atoms with Crippen LogP contribution in [-0.2, 0) is 6.54 Å². The molecule has 3 heteroatoms. The Kier molecular flexibility index (Phi) is 3.66. The summed E-state index contributed by atoms with van der Waals surface area (Å²) in [5, 5.41) is 3.44. The molecule has 0 fully saturated rings. The van der Waals surface area contributed by atoms with E-state index in [4.69, 9.17) is 0 Å². The average Bonchev–Trinajstić information content (AvgIpc) is 2.56. The average molecular weight is 296 g/mol. The third-order valence-corrected chi connectivity index (χ3v) is 4.19. The monoisotopic (exact) mass is 295 g/mol. The van der Waals surface area contributed by atoms with Gasteiger partial charge in [0.2, 0.25) is 0 Å². The molecule has 1 N–H and O–H groups in total. The van der Waals surface area contributed by atoms with E-state index in [9.17, 15) is 0 Å². The van der Waals surface area contributed by atoms with Crippen molar-refractivity contribution in [2.45, 2.75) is 20.4 Å². The summed E-state index contributed by atoms with van der Waals surface area (Å²) in [6, 6.07) is 10.4. The molecule has 0 aliphatic carbocycles. The summed E-state index contributed by atoms with van der Waals surface area (Å²) in [5.74, 6) is 0. The molecule has 2 rings (SSSR count). The zero-order chi connectivity index (χ0) is 11.5. The number of nitrogens with one attached hydrogen (secondary N) is 1. The lowest BCUT2D eigenvalue weighted by molar-refractivity contribution is 1.14. The van der Waals surface area contributed by atoms with Gasteiger partial charge >= 0.3 is 0 Å². The van der Waals surface area contributed by atoms with Crippen LogP contribution in [0, 0.1) is 13.8 Å². The summed E-state index contributed by atoms with van der Waals surface area (Å²) >= 11 is 5.39. The molecule has 1 heterocycles. The van der Waals surface area contributed by atoms with Gasteiger partial charge in [0.15, 0.2) is 0 Å². The zero-order valence-corrected chi connectivity index (χ0v) is 11.8. The molecule has 84 valence electrons. The maximum absolute atomic E-state index is 3.53. The largest absolute Gasteiger partial charge is 0.380 e. The van der Waals surface area contributed by atoms with Gasteiger partial charge in [-0.2, -0.15) is 0 Å². The van der Waals surface area contributed by atoms with E-state index >= 15 is 0 Å². The molecule has 0 saturated carbocycles. The Bertz CT molecular complexity index is 490. The van der Waals surface area contributed by atoms with Crippen molar-refractivity contribution in [2.24, 2.45) is 0 Å². The van der Waals surface area contributed by atoms with Gasteiger partial charge in [-0.15, -0.1) is 11.3 Å². The summed E-state index contributed by atoms with van der Waals surface area (Å²) in [6.45, 7) is 5.22. The van der Waals surface area contributed by atoms with Gasteiger partial charge < -0.3 is 5.32 Å². The van der Waals surface area contributed by atoms with Crippen LogP contribution in [0.3, 0.4) is 0 Å². The summed E-state index contributed by atoms with van der Waals surface area (Å²) in [5.41, 5.74) is 2.53. The van der Waals surface area contributed by atoms with Crippen LogP contribution in [0.25, 0.3) is 0 Å². The van der Waals surface area contributed by atoms with Crippen LogP contribution in [0.5, 0.6) is 0 Å². The fraction of sp³-hybridized carbons (Fsp3) is 0.231. The van der Waals surface area contributed by atoms with Gasteiger partial charge in [-0.3, -0.25) is 0 Å². The fourth-order valence-corrected chi connectivity index (χ4v) is 3.03. The van der Waals surface area contributed by atoms with Crippen molar-refractivity contribution in [3.8, 4) is 0 Å². The van der Waals surface area contributed by atoms with E-state index in [1.54, 1.807) is 0 Å². The van der Waals surface area contributed by atoms with E-state index in [2.05, 4.69) is 47.2 Å². The SMILES string of the molecule is Cc1cc(CNc2ccccc2Br)c(C)s1. The van der Waals surface area contributed by atoms with Crippen LogP contribution in [0.15, 0.2) is 34.8 Å². The lowest BCUT2D eigenvalue weighted by Gasteiger charge is -2.07. The van der Waals surface area contributed by atoms with Gasteiger partial charge in [-0.1, -0.05) is 12.1 Å².